The summed E-state index contributed by atoms with van der Waals surface area (Å²) in [7, 11) is 0. The molecule has 23 aromatic rings. The lowest BCUT2D eigenvalue weighted by atomic mass is 9.91. The molecule has 6 aromatic heterocycles. The molecule has 10 nitrogen and oxygen atoms in total. The topological polar surface area (TPSA) is 97.1 Å². The summed E-state index contributed by atoms with van der Waals surface area (Å²) in [6, 6.07) is 134. The van der Waals surface area contributed by atoms with E-state index in [9.17, 15) is 0 Å². The number of hydrogen-bond acceptors (Lipinski definition) is 6. The van der Waals surface area contributed by atoms with Crippen LogP contribution in [-0.4, -0.2) is 48.2 Å². The fourth-order valence-corrected chi connectivity index (χ4v) is 18.5. The first-order chi connectivity index (χ1) is 56.6. The highest BCUT2D eigenvalue weighted by atomic mass is 15.2. The number of nitrogens with zero attached hydrogens (tertiary/aromatic N) is 10. The van der Waals surface area contributed by atoms with Crippen LogP contribution in [-0.2, 0) is 0 Å². The minimum Gasteiger partial charge on any atom is -0.309 e. The molecule has 528 valence electrons. The Morgan fingerprint density at radius 1 is 0.158 bits per heavy atom. The van der Waals surface area contributed by atoms with Crippen molar-refractivity contribution in [2.75, 3.05) is 0 Å². The molecule has 2 aliphatic rings. The van der Waals surface area contributed by atoms with Crippen LogP contribution in [0.3, 0.4) is 0 Å². The molecule has 25 rings (SSSR count). The molecule has 0 N–H and O–H groups in total. The van der Waals surface area contributed by atoms with Crippen molar-refractivity contribution in [1.29, 1.82) is 0 Å². The number of rotatable bonds is 9. The van der Waals surface area contributed by atoms with Crippen molar-refractivity contribution in [3.05, 3.63) is 376 Å². The summed E-state index contributed by atoms with van der Waals surface area (Å²) in [4.78, 5) is 30.6. The standard InChI is InChI=1S/C55H33N5.C49H29N5/c1-4-15-35(16-5-1)53-56-54(36-17-6-2-7-18-36)58-55(57-53)37-20-12-23-39(31-37)60-47-28-14-26-42-44-33-49-45(40-24-10-11-27-46(40)59(49)38-21-8-3-9-22-38)32-43(44)41-25-13-19-34-29-30-48(60)52(50(34)41)51(42)47;1-4-14-31(15-5-1)47-50-48(32-16-6-2-7-17-32)52-49(51-47)54-41-25-13-23-36-38-29-43-39(34-21-10-11-24-40(34)53(43)33-19-8-3-9-20-33)28-37(38)35-22-12-18-30-26-27-42(54)46(44(30)35)45(36)41/h1-33H;1-29H. The molecule has 0 radical (unpaired) electrons. The van der Waals surface area contributed by atoms with Gasteiger partial charge >= 0.3 is 0 Å². The quantitative estimate of drug-likeness (QED) is 0.143. The summed E-state index contributed by atoms with van der Waals surface area (Å²) < 4.78 is 9.50. The van der Waals surface area contributed by atoms with Crippen molar-refractivity contribution in [3.8, 4) is 124 Å². The summed E-state index contributed by atoms with van der Waals surface area (Å²) >= 11 is 0. The molecule has 0 unspecified atom stereocenters. The third-order valence-corrected chi connectivity index (χ3v) is 23.4. The van der Waals surface area contributed by atoms with E-state index < -0.39 is 0 Å². The molecule has 0 spiro atoms. The largest absolute Gasteiger partial charge is 0.309 e. The normalized spacial score (nSPS) is 12.0. The van der Waals surface area contributed by atoms with Crippen LogP contribution in [0.25, 0.3) is 233 Å². The summed E-state index contributed by atoms with van der Waals surface area (Å²) in [5.74, 6) is 3.79. The Morgan fingerprint density at radius 2 is 0.465 bits per heavy atom. The summed E-state index contributed by atoms with van der Waals surface area (Å²) in [6.45, 7) is 0. The van der Waals surface area contributed by atoms with Crippen LogP contribution in [0, 0.1) is 0 Å². The van der Waals surface area contributed by atoms with E-state index in [4.69, 9.17) is 29.9 Å². The molecular formula is C104H62N10. The lowest BCUT2D eigenvalue weighted by Gasteiger charge is -2.15. The third-order valence-electron chi connectivity index (χ3n) is 23.4. The van der Waals surface area contributed by atoms with E-state index in [1.165, 1.54) is 131 Å². The Morgan fingerprint density at radius 3 is 0.912 bits per heavy atom. The monoisotopic (exact) mass is 1450 g/mol. The SMILES string of the molecule is c1ccc(-c2nc(-c3ccccc3)nc(-c3cccc(-n4c5cccc6c5c5c7c(cccc7ccc54)-c4cc5c7ccccc7n(-c7ccccc7)c5cc4-6)c3)n2)cc1.c1ccc(-c2nc(-c3ccccc3)nc(-n3c4cccc5c4c4c6c(cccc6ccc43)-c3cc4c6ccccc6n(-c6ccccc6)c4cc3-5)n2)cc1. The summed E-state index contributed by atoms with van der Waals surface area (Å²) in [6.07, 6.45) is 0. The van der Waals surface area contributed by atoms with Gasteiger partial charge in [-0.2, -0.15) is 9.97 Å². The molecule has 0 bridgehead atoms. The molecule has 114 heavy (non-hydrogen) atoms. The average Bonchev–Trinajstić information content (AvgIpc) is 1.54. The van der Waals surface area contributed by atoms with Crippen molar-refractivity contribution >= 4 is 109 Å². The van der Waals surface area contributed by atoms with Gasteiger partial charge in [-0.25, -0.2) is 19.9 Å². The second kappa shape index (κ2) is 25.0. The Hall–Kier alpha value is -15.5. The average molecular weight is 1450 g/mol. The van der Waals surface area contributed by atoms with E-state index in [0.717, 1.165) is 66.9 Å². The van der Waals surface area contributed by atoms with Gasteiger partial charge in [0.2, 0.25) is 5.95 Å². The first-order valence-electron chi connectivity index (χ1n) is 38.7. The second-order valence-corrected chi connectivity index (χ2v) is 29.6. The van der Waals surface area contributed by atoms with Crippen molar-refractivity contribution in [3.63, 3.8) is 0 Å². The van der Waals surface area contributed by atoms with Gasteiger partial charge in [-0.05, 0) is 163 Å². The van der Waals surface area contributed by atoms with Gasteiger partial charge in [0.1, 0.15) is 0 Å². The zero-order valence-corrected chi connectivity index (χ0v) is 61.3. The van der Waals surface area contributed by atoms with Crippen LogP contribution in [0.2, 0.25) is 0 Å². The Bertz CT molecular complexity index is 7830. The number of aromatic nitrogens is 10. The zero-order chi connectivity index (χ0) is 74.6. The molecule has 0 fully saturated rings. The predicted molar refractivity (Wildman–Crippen MR) is 468 cm³/mol. The second-order valence-electron chi connectivity index (χ2n) is 29.6. The van der Waals surface area contributed by atoms with Crippen LogP contribution in [0.15, 0.2) is 376 Å². The number of fused-ring (bicyclic) bond motifs is 12. The van der Waals surface area contributed by atoms with E-state index in [0.29, 0.717) is 35.1 Å². The number of benzene rings is 17. The maximum absolute atomic E-state index is 5.21. The number of hydrogen-bond donors (Lipinski definition) is 0. The van der Waals surface area contributed by atoms with Gasteiger partial charge in [-0.15, -0.1) is 0 Å². The van der Waals surface area contributed by atoms with Crippen molar-refractivity contribution < 1.29 is 0 Å². The van der Waals surface area contributed by atoms with Crippen molar-refractivity contribution in [1.82, 2.24) is 48.2 Å². The lowest BCUT2D eigenvalue weighted by molar-refractivity contribution is 0.953. The van der Waals surface area contributed by atoms with E-state index in [-0.39, 0.29) is 0 Å². The zero-order valence-electron chi connectivity index (χ0n) is 61.3. The van der Waals surface area contributed by atoms with Gasteiger partial charge in [0, 0.05) is 88.0 Å². The fourth-order valence-electron chi connectivity index (χ4n) is 18.5. The molecular weight excluding hydrogens is 1390 g/mol. The van der Waals surface area contributed by atoms with Gasteiger partial charge in [-0.1, -0.05) is 279 Å². The van der Waals surface area contributed by atoms with Crippen molar-refractivity contribution in [2.45, 2.75) is 0 Å². The Balaban J connectivity index is 0.000000132. The highest BCUT2D eigenvalue weighted by Gasteiger charge is 2.31. The maximum Gasteiger partial charge on any atom is 0.238 e. The Kier molecular flexibility index (Phi) is 13.9. The minimum absolute atomic E-state index is 0.595. The Labute approximate surface area is 653 Å². The molecule has 0 saturated carbocycles. The van der Waals surface area contributed by atoms with Crippen LogP contribution >= 0.6 is 0 Å². The predicted octanol–water partition coefficient (Wildman–Crippen LogP) is 26.1. The smallest absolute Gasteiger partial charge is 0.238 e. The van der Waals surface area contributed by atoms with Gasteiger partial charge in [0.25, 0.3) is 0 Å². The summed E-state index contributed by atoms with van der Waals surface area (Å²) in [5.41, 5.74) is 27.1. The van der Waals surface area contributed by atoms with Crippen LogP contribution in [0.1, 0.15) is 0 Å². The van der Waals surface area contributed by atoms with Gasteiger partial charge < -0.3 is 13.7 Å². The minimum atomic E-state index is 0.595. The van der Waals surface area contributed by atoms with Gasteiger partial charge in [0.15, 0.2) is 29.1 Å². The maximum atomic E-state index is 5.21. The molecule has 6 heterocycles. The van der Waals surface area contributed by atoms with Crippen molar-refractivity contribution in [2.24, 2.45) is 0 Å². The molecule has 0 atom stereocenters. The van der Waals surface area contributed by atoms with Gasteiger partial charge in [-0.3, -0.25) is 4.57 Å². The molecule has 0 aliphatic heterocycles. The van der Waals surface area contributed by atoms with E-state index in [2.05, 4.69) is 297 Å². The van der Waals surface area contributed by atoms with E-state index in [1.54, 1.807) is 0 Å². The highest BCUT2D eigenvalue weighted by Crippen LogP contribution is 2.54. The van der Waals surface area contributed by atoms with E-state index in [1.807, 2.05) is 97.1 Å². The third kappa shape index (κ3) is 9.61. The molecule has 2 aliphatic carbocycles. The van der Waals surface area contributed by atoms with Crippen LogP contribution < -0.4 is 0 Å². The van der Waals surface area contributed by atoms with Gasteiger partial charge in [0.05, 0.1) is 44.1 Å². The number of para-hydroxylation sites is 4. The molecule has 0 amide bonds. The first kappa shape index (κ1) is 63.4. The fraction of sp³-hybridized carbons (Fsp3) is 0. The molecule has 0 saturated heterocycles. The first-order valence-corrected chi connectivity index (χ1v) is 38.7. The van der Waals surface area contributed by atoms with Crippen LogP contribution in [0.5, 0.6) is 0 Å². The molecule has 17 aromatic carbocycles. The molecule has 10 heteroatoms. The summed E-state index contributed by atoms with van der Waals surface area (Å²) in [5, 5.41) is 14.9. The van der Waals surface area contributed by atoms with E-state index >= 15 is 0 Å². The lowest BCUT2D eigenvalue weighted by Crippen LogP contribution is -2.06. The van der Waals surface area contributed by atoms with Crippen LogP contribution in [0.4, 0.5) is 0 Å². The highest BCUT2D eigenvalue weighted by molar-refractivity contribution is 6.33.